The fourth-order valence-corrected chi connectivity index (χ4v) is 4.47. The Hall–Kier alpha value is -3.73. The van der Waals surface area contributed by atoms with Crippen molar-refractivity contribution in [1.82, 2.24) is 20.2 Å². The van der Waals surface area contributed by atoms with Gasteiger partial charge in [-0.15, -0.1) is 0 Å². The van der Waals surface area contributed by atoms with Gasteiger partial charge in [-0.3, -0.25) is 19.3 Å². The first-order valence-electron chi connectivity index (χ1n) is 11.3. The van der Waals surface area contributed by atoms with Crippen LogP contribution in [0.2, 0.25) is 0 Å². The van der Waals surface area contributed by atoms with Gasteiger partial charge in [-0.05, 0) is 38.1 Å². The molecule has 0 unspecified atom stereocenters. The maximum Gasteiger partial charge on any atom is 0.232 e. The SMILES string of the molecule is CCS(=O)(=O)Nc1ccccc1-c1nc(CNC(=O)[C@@H]2CC(=O)N(Cc3ccccn3)C2)c(C)o1. The van der Waals surface area contributed by atoms with Gasteiger partial charge in [0.05, 0.1) is 41.7 Å². The van der Waals surface area contributed by atoms with E-state index in [9.17, 15) is 18.0 Å². The van der Waals surface area contributed by atoms with Crippen molar-refractivity contribution in [3.8, 4) is 11.5 Å². The van der Waals surface area contributed by atoms with Crippen LogP contribution in [0.15, 0.2) is 53.1 Å². The standard InChI is InChI=1S/C24H27N5O5S/c1-3-35(32,33)28-20-10-5-4-9-19(20)24-27-21(16(2)34-24)13-26-23(31)17-12-22(30)29(14-17)15-18-8-6-7-11-25-18/h4-11,17,28H,3,12-15H2,1-2H3,(H,26,31)/t17-/m1/s1. The average Bonchev–Trinajstić information content (AvgIpc) is 3.40. The molecule has 1 atom stereocenters. The molecule has 3 aromatic rings. The maximum absolute atomic E-state index is 12.8. The lowest BCUT2D eigenvalue weighted by Crippen LogP contribution is -2.32. The molecule has 1 fully saturated rings. The zero-order valence-electron chi connectivity index (χ0n) is 19.5. The van der Waals surface area contributed by atoms with Crippen LogP contribution in [0.25, 0.3) is 11.5 Å². The highest BCUT2D eigenvalue weighted by molar-refractivity contribution is 7.92. The molecule has 2 aromatic heterocycles. The van der Waals surface area contributed by atoms with Gasteiger partial charge in [0.25, 0.3) is 0 Å². The molecule has 0 aliphatic carbocycles. The molecule has 1 aliphatic rings. The van der Waals surface area contributed by atoms with Crippen molar-refractivity contribution >= 4 is 27.5 Å². The number of para-hydroxylation sites is 1. The summed E-state index contributed by atoms with van der Waals surface area (Å²) in [6.07, 6.45) is 1.82. The zero-order valence-corrected chi connectivity index (χ0v) is 20.3. The lowest BCUT2D eigenvalue weighted by Gasteiger charge is -2.16. The van der Waals surface area contributed by atoms with Crippen molar-refractivity contribution in [1.29, 1.82) is 0 Å². The Morgan fingerprint density at radius 2 is 1.97 bits per heavy atom. The first kappa shape index (κ1) is 24.4. The summed E-state index contributed by atoms with van der Waals surface area (Å²) in [5.74, 6) is -0.0797. The number of sulfonamides is 1. The number of anilines is 1. The highest BCUT2D eigenvalue weighted by Crippen LogP contribution is 2.29. The van der Waals surface area contributed by atoms with Crippen LogP contribution in [0.3, 0.4) is 0 Å². The van der Waals surface area contributed by atoms with Gasteiger partial charge < -0.3 is 14.6 Å². The van der Waals surface area contributed by atoms with Crippen LogP contribution in [-0.2, 0) is 32.7 Å². The van der Waals surface area contributed by atoms with Gasteiger partial charge in [-0.25, -0.2) is 13.4 Å². The van der Waals surface area contributed by atoms with Crippen LogP contribution in [0, 0.1) is 12.8 Å². The highest BCUT2D eigenvalue weighted by Gasteiger charge is 2.34. The van der Waals surface area contributed by atoms with E-state index in [0.29, 0.717) is 35.8 Å². The third-order valence-electron chi connectivity index (χ3n) is 5.79. The lowest BCUT2D eigenvalue weighted by atomic mass is 10.1. The molecule has 35 heavy (non-hydrogen) atoms. The molecule has 0 spiro atoms. The second-order valence-electron chi connectivity index (χ2n) is 8.29. The normalized spacial score (nSPS) is 15.9. The molecule has 0 radical (unpaired) electrons. The van der Waals surface area contributed by atoms with E-state index < -0.39 is 15.9 Å². The minimum Gasteiger partial charge on any atom is -0.441 e. The van der Waals surface area contributed by atoms with E-state index in [-0.39, 0.29) is 36.4 Å². The molecule has 2 N–H and O–H groups in total. The molecule has 4 rings (SSSR count). The summed E-state index contributed by atoms with van der Waals surface area (Å²) in [5.41, 5.74) is 2.16. The summed E-state index contributed by atoms with van der Waals surface area (Å²) in [6, 6.07) is 12.3. The second-order valence-corrected chi connectivity index (χ2v) is 10.3. The Kier molecular flexibility index (Phi) is 7.15. The third kappa shape index (κ3) is 5.86. The first-order chi connectivity index (χ1) is 16.8. The van der Waals surface area contributed by atoms with Crippen LogP contribution in [-0.4, -0.2) is 47.4 Å². The molecular formula is C24H27N5O5S. The van der Waals surface area contributed by atoms with Crippen LogP contribution in [0.1, 0.15) is 30.5 Å². The number of amides is 2. The number of benzene rings is 1. The van der Waals surface area contributed by atoms with Crippen LogP contribution >= 0.6 is 0 Å². The van der Waals surface area contributed by atoms with E-state index in [2.05, 4.69) is 20.0 Å². The smallest absolute Gasteiger partial charge is 0.232 e. The van der Waals surface area contributed by atoms with Crippen LogP contribution in [0.5, 0.6) is 0 Å². The molecule has 1 saturated heterocycles. The number of oxazole rings is 1. The lowest BCUT2D eigenvalue weighted by molar-refractivity contribution is -0.129. The number of likely N-dealkylation sites (tertiary alicyclic amines) is 1. The van der Waals surface area contributed by atoms with Crippen molar-refractivity contribution in [3.63, 3.8) is 0 Å². The van der Waals surface area contributed by atoms with Crippen molar-refractivity contribution in [2.45, 2.75) is 33.4 Å². The van der Waals surface area contributed by atoms with E-state index in [1.807, 2.05) is 18.2 Å². The average molecular weight is 498 g/mol. The van der Waals surface area contributed by atoms with Gasteiger partial charge in [0.2, 0.25) is 27.7 Å². The van der Waals surface area contributed by atoms with E-state index in [1.54, 1.807) is 49.2 Å². The van der Waals surface area contributed by atoms with Gasteiger partial charge >= 0.3 is 0 Å². The number of carbonyl (C=O) groups excluding carboxylic acids is 2. The third-order valence-corrected chi connectivity index (χ3v) is 7.08. The first-order valence-corrected chi connectivity index (χ1v) is 12.9. The van der Waals surface area contributed by atoms with E-state index >= 15 is 0 Å². The molecular weight excluding hydrogens is 470 g/mol. The molecule has 0 bridgehead atoms. The highest BCUT2D eigenvalue weighted by atomic mass is 32.2. The summed E-state index contributed by atoms with van der Waals surface area (Å²) in [4.78, 5) is 35.5. The van der Waals surface area contributed by atoms with E-state index in [1.165, 1.54) is 0 Å². The number of carbonyl (C=O) groups is 2. The number of nitrogens with zero attached hydrogens (tertiary/aromatic N) is 3. The number of aryl methyl sites for hydroxylation is 1. The Balaban J connectivity index is 1.40. The minimum atomic E-state index is -3.48. The Morgan fingerprint density at radius 1 is 1.20 bits per heavy atom. The topological polar surface area (TPSA) is 134 Å². The van der Waals surface area contributed by atoms with Gasteiger partial charge in [0.15, 0.2) is 0 Å². The summed E-state index contributed by atoms with van der Waals surface area (Å²) in [5, 5.41) is 2.85. The molecule has 0 saturated carbocycles. The zero-order chi connectivity index (χ0) is 25.0. The largest absolute Gasteiger partial charge is 0.441 e. The molecule has 11 heteroatoms. The second kappa shape index (κ2) is 10.3. The van der Waals surface area contributed by atoms with Gasteiger partial charge in [-0.2, -0.15) is 0 Å². The Labute approximate surface area is 203 Å². The van der Waals surface area contributed by atoms with E-state index in [0.717, 1.165) is 5.69 Å². The van der Waals surface area contributed by atoms with Gasteiger partial charge in [-0.1, -0.05) is 18.2 Å². The van der Waals surface area contributed by atoms with E-state index in [4.69, 9.17) is 4.42 Å². The molecule has 3 heterocycles. The molecule has 1 aliphatic heterocycles. The van der Waals surface area contributed by atoms with Crippen LogP contribution in [0.4, 0.5) is 5.69 Å². The Morgan fingerprint density at radius 3 is 2.71 bits per heavy atom. The predicted octanol–water partition coefficient (Wildman–Crippen LogP) is 2.47. The van der Waals surface area contributed by atoms with Crippen LogP contribution < -0.4 is 10.0 Å². The minimum absolute atomic E-state index is 0.0633. The summed E-state index contributed by atoms with van der Waals surface area (Å²) >= 11 is 0. The molecule has 2 amide bonds. The number of nitrogens with one attached hydrogen (secondary N) is 2. The number of hydrogen-bond donors (Lipinski definition) is 2. The number of aromatic nitrogens is 2. The number of hydrogen-bond acceptors (Lipinski definition) is 7. The quantitative estimate of drug-likeness (QED) is 0.464. The van der Waals surface area contributed by atoms with Gasteiger partial charge in [0.1, 0.15) is 11.5 Å². The molecule has 1 aromatic carbocycles. The van der Waals surface area contributed by atoms with Crippen molar-refractivity contribution in [2.24, 2.45) is 5.92 Å². The monoisotopic (exact) mass is 497 g/mol. The molecule has 10 nitrogen and oxygen atoms in total. The Bertz CT molecular complexity index is 1320. The van der Waals surface area contributed by atoms with Gasteiger partial charge in [0, 0.05) is 19.2 Å². The summed E-state index contributed by atoms with van der Waals surface area (Å²) in [6.45, 7) is 4.11. The van der Waals surface area contributed by atoms with Crippen molar-refractivity contribution in [3.05, 3.63) is 65.8 Å². The number of pyridine rings is 1. The summed E-state index contributed by atoms with van der Waals surface area (Å²) < 4.78 is 32.4. The van der Waals surface area contributed by atoms with Crippen molar-refractivity contribution < 1.29 is 22.4 Å². The number of rotatable bonds is 9. The predicted molar refractivity (Wildman–Crippen MR) is 129 cm³/mol. The fourth-order valence-electron chi connectivity index (χ4n) is 3.81. The summed E-state index contributed by atoms with van der Waals surface area (Å²) in [7, 11) is -3.48. The fraction of sp³-hybridized carbons (Fsp3) is 0.333. The van der Waals surface area contributed by atoms with Crippen molar-refractivity contribution in [2.75, 3.05) is 17.0 Å². The molecule has 184 valence electrons. The maximum atomic E-state index is 12.8.